The maximum Gasteiger partial charge on any atom is 1.00 e. The number of carbonyl (C=O) groups excluding carboxylic acids is 1. The Morgan fingerprint density at radius 3 is 1.68 bits per heavy atom. The summed E-state index contributed by atoms with van der Waals surface area (Å²) in [5, 5.41) is 8.09. The van der Waals surface area contributed by atoms with Gasteiger partial charge >= 0.3 is 154 Å². The molecule has 0 bridgehead atoms. The predicted octanol–water partition coefficient (Wildman–Crippen LogP) is -7.21. The van der Waals surface area contributed by atoms with Gasteiger partial charge in [-0.05, 0) is 68.5 Å². The molecule has 0 atom stereocenters. The van der Waals surface area contributed by atoms with Crippen LogP contribution in [0.5, 0.6) is 0 Å². The van der Waals surface area contributed by atoms with Crippen molar-refractivity contribution >= 4 is 43.6 Å². The molecule has 12 nitrogen and oxygen atoms in total. The molecule has 182 valence electrons. The zero-order chi connectivity index (χ0) is 25.7. The first-order chi connectivity index (χ1) is 16.3. The molecule has 1 aliphatic heterocycles. The van der Waals surface area contributed by atoms with Crippen LogP contribution in [0.3, 0.4) is 0 Å². The number of nitrogens with one attached hydrogen (secondary N) is 1. The average Bonchev–Trinajstić information content (AvgIpc) is 3.23. The average molecular weight is 636 g/mol. The maximum atomic E-state index is 13.0. The van der Waals surface area contributed by atoms with Gasteiger partial charge in [0.15, 0.2) is 0 Å². The molecule has 17 heteroatoms. The second-order valence-corrected chi connectivity index (χ2v) is 10.4. The Bertz CT molecular complexity index is 1690. The van der Waals surface area contributed by atoms with Crippen molar-refractivity contribution in [2.75, 3.05) is 5.01 Å². The zero-order valence-corrected chi connectivity index (χ0v) is 32.2. The first-order valence-corrected chi connectivity index (χ1v) is 12.7. The van der Waals surface area contributed by atoms with E-state index in [2.05, 4.69) is 10.2 Å². The number of hydrogen-bond acceptors (Lipinski definition) is 7. The number of hydrazone groups is 1. The summed E-state index contributed by atoms with van der Waals surface area (Å²) in [6.07, 6.45) is 1.38. The minimum atomic E-state index is -4.39. The minimum absolute atomic E-state index is 0. The molecule has 1 aliphatic rings. The summed E-state index contributed by atoms with van der Waals surface area (Å²) in [6.45, 7) is 3.19. The van der Waals surface area contributed by atoms with Gasteiger partial charge in [-0.2, -0.15) is 26.9 Å². The summed E-state index contributed by atoms with van der Waals surface area (Å²) < 4.78 is 64.3. The molecular weight excluding hydrogens is 618 g/mol. The van der Waals surface area contributed by atoms with E-state index >= 15 is 0 Å². The quantitative estimate of drug-likeness (QED) is 0.141. The number of aromatic nitrogens is 2. The molecule has 0 radical (unpaired) electrons. The molecule has 2 heterocycles. The van der Waals surface area contributed by atoms with Gasteiger partial charge in [0.05, 0.1) is 38.0 Å². The van der Waals surface area contributed by atoms with Gasteiger partial charge in [-0.25, -0.2) is 4.68 Å². The van der Waals surface area contributed by atoms with Crippen LogP contribution in [0.15, 0.2) is 73.8 Å². The van der Waals surface area contributed by atoms with Crippen LogP contribution in [-0.2, 0) is 25.0 Å². The Morgan fingerprint density at radius 2 is 1.24 bits per heavy atom. The number of nitrogens with zero attached hydrogens (tertiary/aromatic N) is 3. The van der Waals surface area contributed by atoms with Crippen LogP contribution in [-0.4, -0.2) is 47.3 Å². The first kappa shape index (κ1) is 37.1. The minimum Gasteiger partial charge on any atom is -0.295 e. The summed E-state index contributed by atoms with van der Waals surface area (Å²) in [4.78, 5) is 25.4. The van der Waals surface area contributed by atoms with Crippen LogP contribution in [0, 0.1) is 6.92 Å². The summed E-state index contributed by atoms with van der Waals surface area (Å²) in [6, 6.07) is 9.85. The van der Waals surface area contributed by atoms with Gasteiger partial charge in [-0.3, -0.25) is 23.8 Å². The second-order valence-electron chi connectivity index (χ2n) is 7.59. The molecule has 1 amide bonds. The van der Waals surface area contributed by atoms with Crippen LogP contribution >= 0.6 is 0 Å². The van der Waals surface area contributed by atoms with Crippen LogP contribution < -0.4 is 165 Å². The van der Waals surface area contributed by atoms with Crippen molar-refractivity contribution in [3.8, 4) is 5.69 Å². The molecule has 0 fully saturated rings. The Morgan fingerprint density at radius 1 is 0.789 bits per heavy atom. The van der Waals surface area contributed by atoms with Crippen molar-refractivity contribution in [2.24, 2.45) is 5.10 Å². The normalized spacial score (nSPS) is 14.4. The number of aryl methyl sites for hydroxylation is 1. The molecule has 38 heavy (non-hydrogen) atoms. The molecule has 1 aromatic heterocycles. The van der Waals surface area contributed by atoms with Crippen molar-refractivity contribution in [1.82, 2.24) is 9.78 Å². The number of carbonyl (C=O) groups is 1. The number of aromatic amines is 1. The van der Waals surface area contributed by atoms with Crippen LogP contribution in [0.2, 0.25) is 0 Å². The van der Waals surface area contributed by atoms with E-state index in [4.69, 9.17) is 9.11 Å². The molecule has 0 unspecified atom stereocenters. The summed E-state index contributed by atoms with van der Waals surface area (Å²) in [5.74, 6) is -0.550. The van der Waals surface area contributed by atoms with Crippen LogP contribution in [0.25, 0.3) is 11.8 Å². The number of hydrogen-bond donors (Lipinski definition) is 3. The van der Waals surface area contributed by atoms with Crippen LogP contribution in [0.4, 0.5) is 5.69 Å². The number of amides is 1. The van der Waals surface area contributed by atoms with Gasteiger partial charge in [0.25, 0.3) is 31.7 Å². The maximum absolute atomic E-state index is 13.0. The smallest absolute Gasteiger partial charge is 0.295 e. The summed E-state index contributed by atoms with van der Waals surface area (Å²) >= 11 is 0. The standard InChI is InChI=1S/C21H18N4O8S2.3K/c1-12-18(20(26)24(22-12)14-3-7-16(8-4-14)34(28,29)30)11-19-13(2)23-25(21(19)27)15-5-9-17(10-6-15)35(31,32)33;;;/h3-11,22H,1-2H3,(H,28,29,30)(H,31,32,33);;;/q;3*+1/b19-11-;;;. The van der Waals surface area contributed by atoms with Crippen molar-refractivity contribution in [3.05, 3.63) is 75.7 Å². The largest absolute Gasteiger partial charge is 1.00 e. The molecule has 0 aliphatic carbocycles. The van der Waals surface area contributed by atoms with Gasteiger partial charge in [0, 0.05) is 5.69 Å². The number of benzene rings is 2. The van der Waals surface area contributed by atoms with E-state index in [1.54, 1.807) is 13.8 Å². The molecule has 4 rings (SSSR count). The Kier molecular flexibility index (Phi) is 14.1. The molecule has 3 N–H and O–H groups in total. The van der Waals surface area contributed by atoms with E-state index in [9.17, 15) is 26.4 Å². The third-order valence-corrected chi connectivity index (χ3v) is 6.98. The Balaban J connectivity index is 0.00000241. The van der Waals surface area contributed by atoms with Gasteiger partial charge in [0.2, 0.25) is 0 Å². The molecule has 0 saturated carbocycles. The number of H-pyrrole nitrogens is 1. The van der Waals surface area contributed by atoms with Gasteiger partial charge in [0.1, 0.15) is 0 Å². The Hall–Kier alpha value is 1.06. The van der Waals surface area contributed by atoms with Gasteiger partial charge in [-0.15, -0.1) is 0 Å². The molecular formula is C21H18K3N4O8S2+3. The summed E-state index contributed by atoms with van der Waals surface area (Å²) in [5.41, 5.74) is 1.11. The van der Waals surface area contributed by atoms with Gasteiger partial charge in [-0.1, -0.05) is 0 Å². The SMILES string of the molecule is CC1=NN(c2ccc(S(=O)(=O)O)cc2)C(=O)/C1=C\c1c(C)[nH]n(-c2ccc(S(=O)(=O)O)cc2)c1=O.[K+].[K+].[K+]. The van der Waals surface area contributed by atoms with Crippen molar-refractivity contribution in [2.45, 2.75) is 23.6 Å². The fourth-order valence-corrected chi connectivity index (χ4v) is 4.40. The number of anilines is 1. The van der Waals surface area contributed by atoms with E-state index in [1.165, 1.54) is 30.3 Å². The third kappa shape index (κ3) is 8.11. The van der Waals surface area contributed by atoms with E-state index in [-0.39, 0.29) is 181 Å². The van der Waals surface area contributed by atoms with Crippen molar-refractivity contribution in [3.63, 3.8) is 0 Å². The molecule has 3 aromatic rings. The van der Waals surface area contributed by atoms with E-state index < -0.39 is 31.7 Å². The fourth-order valence-electron chi connectivity index (χ4n) is 3.44. The van der Waals surface area contributed by atoms with E-state index in [0.717, 1.165) is 34.0 Å². The van der Waals surface area contributed by atoms with E-state index in [1.807, 2.05) is 0 Å². The zero-order valence-electron chi connectivity index (χ0n) is 21.2. The van der Waals surface area contributed by atoms with Crippen molar-refractivity contribution < 1.29 is 185 Å². The third-order valence-electron chi connectivity index (χ3n) is 5.24. The first-order valence-electron chi connectivity index (χ1n) is 9.86. The fraction of sp³-hybridized carbons (Fsp3) is 0.0952. The number of rotatable bonds is 5. The summed E-state index contributed by atoms with van der Waals surface area (Å²) in [7, 11) is -8.78. The van der Waals surface area contributed by atoms with Crippen LogP contribution in [0.1, 0.15) is 18.2 Å². The monoisotopic (exact) mass is 635 g/mol. The van der Waals surface area contributed by atoms with Crippen molar-refractivity contribution in [1.29, 1.82) is 0 Å². The Labute approximate surface area is 346 Å². The molecule has 0 saturated heterocycles. The van der Waals surface area contributed by atoms with E-state index in [0.29, 0.717) is 17.1 Å². The predicted molar refractivity (Wildman–Crippen MR) is 126 cm³/mol. The second kappa shape index (κ2) is 14.5. The van der Waals surface area contributed by atoms with Gasteiger partial charge < -0.3 is 0 Å². The topological polar surface area (TPSA) is 179 Å². The molecule has 2 aromatic carbocycles. The molecule has 0 spiro atoms.